The largest absolute Gasteiger partial charge is 0.477 e. The first-order valence-corrected chi connectivity index (χ1v) is 7.19. The number of hydrogen-bond acceptors (Lipinski definition) is 5. The average Bonchev–Trinajstić information content (AvgIpc) is 2.89. The first kappa shape index (κ1) is 12.6. The second-order valence-corrected chi connectivity index (χ2v) is 5.63. The van der Waals surface area contributed by atoms with Gasteiger partial charge in [0.1, 0.15) is 11.4 Å². The fourth-order valence-electron chi connectivity index (χ4n) is 3.19. The molecular weight excluding hydrogens is 272 g/mol. The van der Waals surface area contributed by atoms with Crippen LogP contribution in [0.25, 0.3) is 5.65 Å². The van der Waals surface area contributed by atoms with Gasteiger partial charge in [-0.3, -0.25) is 0 Å². The summed E-state index contributed by atoms with van der Waals surface area (Å²) >= 11 is 0. The number of carboxylic acids is 1. The summed E-state index contributed by atoms with van der Waals surface area (Å²) in [5, 5.41) is 13.2. The van der Waals surface area contributed by atoms with Crippen LogP contribution in [0.5, 0.6) is 0 Å². The van der Waals surface area contributed by atoms with Crippen LogP contribution in [0.15, 0.2) is 18.5 Å². The summed E-state index contributed by atoms with van der Waals surface area (Å²) < 4.78 is 7.42. The van der Waals surface area contributed by atoms with Crippen molar-refractivity contribution in [1.29, 1.82) is 0 Å². The van der Waals surface area contributed by atoms with Crippen LogP contribution in [-0.2, 0) is 4.74 Å². The van der Waals surface area contributed by atoms with Crippen LogP contribution >= 0.6 is 0 Å². The zero-order valence-electron chi connectivity index (χ0n) is 11.5. The van der Waals surface area contributed by atoms with E-state index in [-0.39, 0.29) is 17.8 Å². The van der Waals surface area contributed by atoms with E-state index in [2.05, 4.69) is 15.0 Å². The molecule has 1 N–H and O–H groups in total. The summed E-state index contributed by atoms with van der Waals surface area (Å²) in [5.74, 6) is -0.209. The second kappa shape index (κ2) is 4.70. The highest BCUT2D eigenvalue weighted by molar-refractivity contribution is 5.94. The third kappa shape index (κ3) is 2.13. The van der Waals surface area contributed by atoms with Crippen molar-refractivity contribution in [2.24, 2.45) is 0 Å². The Balaban J connectivity index is 1.70. The number of morpholine rings is 1. The first-order chi connectivity index (χ1) is 10.2. The number of aromatic carboxylic acids is 1. The zero-order chi connectivity index (χ0) is 14.4. The Bertz CT molecular complexity index is 687. The first-order valence-electron chi connectivity index (χ1n) is 7.19. The molecule has 110 valence electrons. The number of ether oxygens (including phenoxy) is 1. The predicted molar refractivity (Wildman–Crippen MR) is 74.7 cm³/mol. The van der Waals surface area contributed by atoms with Crippen LogP contribution in [-0.4, -0.2) is 51.0 Å². The van der Waals surface area contributed by atoms with Crippen molar-refractivity contribution in [2.45, 2.75) is 31.5 Å². The molecule has 0 amide bonds. The number of carbonyl (C=O) groups is 1. The molecule has 2 aromatic rings. The molecule has 0 aliphatic carbocycles. The molecule has 2 atom stereocenters. The quantitative estimate of drug-likeness (QED) is 0.894. The molecule has 2 fully saturated rings. The van der Waals surface area contributed by atoms with Gasteiger partial charge in [0.15, 0.2) is 5.65 Å². The van der Waals surface area contributed by atoms with Crippen LogP contribution < -0.4 is 4.90 Å². The van der Waals surface area contributed by atoms with E-state index in [0.29, 0.717) is 5.65 Å². The molecule has 0 aromatic carbocycles. The lowest BCUT2D eigenvalue weighted by atomic mass is 10.00. The number of carboxylic acid groups (broad SMARTS) is 1. The Morgan fingerprint density at radius 1 is 1.33 bits per heavy atom. The lowest BCUT2D eigenvalue weighted by Crippen LogP contribution is -2.50. The van der Waals surface area contributed by atoms with Gasteiger partial charge in [-0.05, 0) is 25.3 Å². The van der Waals surface area contributed by atoms with E-state index >= 15 is 0 Å². The van der Waals surface area contributed by atoms with Crippen molar-refractivity contribution in [1.82, 2.24) is 14.6 Å². The number of anilines is 1. The molecule has 0 unspecified atom stereocenters. The Kier molecular flexibility index (Phi) is 2.81. The number of fused-ring (bicyclic) bond motifs is 3. The van der Waals surface area contributed by atoms with Crippen molar-refractivity contribution in [2.75, 3.05) is 18.0 Å². The van der Waals surface area contributed by atoms with E-state index < -0.39 is 5.97 Å². The lowest BCUT2D eigenvalue weighted by Gasteiger charge is -2.42. The topological polar surface area (TPSA) is 80.0 Å². The fourth-order valence-corrected chi connectivity index (χ4v) is 3.19. The summed E-state index contributed by atoms with van der Waals surface area (Å²) in [4.78, 5) is 17.9. The second-order valence-electron chi connectivity index (χ2n) is 5.63. The summed E-state index contributed by atoms with van der Waals surface area (Å²) in [6.07, 6.45) is 7.02. The third-order valence-corrected chi connectivity index (χ3v) is 4.19. The van der Waals surface area contributed by atoms with Crippen LogP contribution in [0, 0.1) is 0 Å². The van der Waals surface area contributed by atoms with Crippen LogP contribution in [0.1, 0.15) is 29.6 Å². The van der Waals surface area contributed by atoms with Crippen LogP contribution in [0.4, 0.5) is 5.82 Å². The van der Waals surface area contributed by atoms with Gasteiger partial charge in [0, 0.05) is 19.3 Å². The van der Waals surface area contributed by atoms with Gasteiger partial charge in [0.05, 0.1) is 18.4 Å². The van der Waals surface area contributed by atoms with Crippen molar-refractivity contribution < 1.29 is 14.6 Å². The molecule has 0 radical (unpaired) electrons. The minimum atomic E-state index is -1.01. The van der Waals surface area contributed by atoms with Gasteiger partial charge in [0.25, 0.3) is 0 Å². The zero-order valence-corrected chi connectivity index (χ0v) is 11.5. The highest BCUT2D eigenvalue weighted by Gasteiger charge is 2.31. The molecule has 2 bridgehead atoms. The van der Waals surface area contributed by atoms with Crippen molar-refractivity contribution in [3.63, 3.8) is 0 Å². The molecule has 7 heteroatoms. The van der Waals surface area contributed by atoms with E-state index in [1.807, 2.05) is 6.07 Å². The van der Waals surface area contributed by atoms with Gasteiger partial charge in [-0.15, -0.1) is 0 Å². The number of hydrogen-bond donors (Lipinski definition) is 1. The average molecular weight is 288 g/mol. The Hall–Kier alpha value is -2.15. The van der Waals surface area contributed by atoms with Crippen LogP contribution in [0.3, 0.4) is 0 Å². The molecule has 0 spiro atoms. The molecule has 4 heterocycles. The molecule has 2 aromatic heterocycles. The number of nitrogens with zero attached hydrogens (tertiary/aromatic N) is 4. The number of rotatable bonds is 2. The van der Waals surface area contributed by atoms with Gasteiger partial charge in [-0.2, -0.15) is 5.10 Å². The van der Waals surface area contributed by atoms with Crippen molar-refractivity contribution in [3.8, 4) is 0 Å². The maximum atomic E-state index is 11.2. The fraction of sp³-hybridized carbons (Fsp3) is 0.500. The maximum Gasteiger partial charge on any atom is 0.341 e. The van der Waals surface area contributed by atoms with E-state index in [4.69, 9.17) is 4.74 Å². The predicted octanol–water partition coefficient (Wildman–Crippen LogP) is 1.19. The Morgan fingerprint density at radius 3 is 2.81 bits per heavy atom. The minimum absolute atomic E-state index is 0.130. The summed E-state index contributed by atoms with van der Waals surface area (Å²) in [5.41, 5.74) is 0.516. The van der Waals surface area contributed by atoms with Gasteiger partial charge < -0.3 is 14.7 Å². The summed E-state index contributed by atoms with van der Waals surface area (Å²) in [6.45, 7) is 1.63. The van der Waals surface area contributed by atoms with Crippen molar-refractivity contribution >= 4 is 17.4 Å². The molecule has 7 nitrogen and oxygen atoms in total. The third-order valence-electron chi connectivity index (χ3n) is 4.19. The highest BCUT2D eigenvalue weighted by Crippen LogP contribution is 2.28. The van der Waals surface area contributed by atoms with Gasteiger partial charge >= 0.3 is 5.97 Å². The minimum Gasteiger partial charge on any atom is -0.477 e. The molecule has 4 rings (SSSR count). The van der Waals surface area contributed by atoms with E-state index in [1.54, 1.807) is 6.20 Å². The molecule has 21 heavy (non-hydrogen) atoms. The maximum absolute atomic E-state index is 11.2. The molecule has 2 aliphatic heterocycles. The van der Waals surface area contributed by atoms with Crippen LogP contribution in [0.2, 0.25) is 0 Å². The molecule has 2 aliphatic rings. The van der Waals surface area contributed by atoms with E-state index in [9.17, 15) is 9.90 Å². The Morgan fingerprint density at radius 2 is 2.10 bits per heavy atom. The molecule has 0 saturated carbocycles. The Labute approximate surface area is 121 Å². The lowest BCUT2D eigenvalue weighted by molar-refractivity contribution is -0.0606. The number of aromatic nitrogens is 3. The van der Waals surface area contributed by atoms with E-state index in [1.165, 1.54) is 17.1 Å². The standard InChI is InChI=1S/C14H16N4O3/c19-14(20)11-6-15-18-5-4-12(16-13(11)18)17-7-9-2-1-3-10(8-17)21-9/h4-6,9-10H,1-3,7-8H2,(H,19,20)/t9-,10+. The molecular formula is C14H16N4O3. The highest BCUT2D eigenvalue weighted by atomic mass is 16.5. The smallest absolute Gasteiger partial charge is 0.341 e. The van der Waals surface area contributed by atoms with E-state index in [0.717, 1.165) is 31.7 Å². The van der Waals surface area contributed by atoms with Crippen molar-refractivity contribution in [3.05, 3.63) is 24.0 Å². The molecule has 2 saturated heterocycles. The summed E-state index contributed by atoms with van der Waals surface area (Å²) in [6, 6.07) is 1.88. The van der Waals surface area contributed by atoms with Gasteiger partial charge in [-0.25, -0.2) is 14.3 Å². The SMILES string of the molecule is O=C(O)c1cnn2ccc(N3C[C@H]4CCC[C@@H](C3)O4)nc12. The summed E-state index contributed by atoms with van der Waals surface area (Å²) in [7, 11) is 0. The van der Waals surface area contributed by atoms with Gasteiger partial charge in [-0.1, -0.05) is 0 Å². The monoisotopic (exact) mass is 288 g/mol. The van der Waals surface area contributed by atoms with Gasteiger partial charge in [0.2, 0.25) is 0 Å². The normalized spacial score (nSPS) is 25.2.